The number of rotatable bonds is 34. The van der Waals surface area contributed by atoms with Gasteiger partial charge in [-0.15, -0.1) is 0 Å². The minimum absolute atomic E-state index is 0.114. The number of likely N-dealkylation sites (N-methyl/N-ethyl adjacent to an activating group) is 1. The molecule has 0 aromatic heterocycles. The van der Waals surface area contributed by atoms with Crippen LogP contribution in [0.1, 0.15) is 155 Å². The zero-order valence-corrected chi connectivity index (χ0v) is 29.7. The van der Waals surface area contributed by atoms with Crippen LogP contribution in [-0.2, 0) is 18.3 Å². The van der Waals surface area contributed by atoms with Gasteiger partial charge in [-0.2, -0.15) is 0 Å². The van der Waals surface area contributed by atoms with E-state index in [1.807, 2.05) is 21.1 Å². The molecule has 0 rings (SSSR count). The molecule has 2 atom stereocenters. The fraction of sp³-hybridized carbons (Fsp3) is 1.00. The van der Waals surface area contributed by atoms with Gasteiger partial charge in [-0.25, -0.2) is 0 Å². The van der Waals surface area contributed by atoms with E-state index in [0.717, 1.165) is 25.8 Å². The molecule has 0 aromatic rings. The Morgan fingerprint density at radius 3 is 1.52 bits per heavy atom. The SMILES string of the molecule is CCCCCCCCCCCCCCCCNCC(COCCCCCCCCCC)OP(=O)([O-])OCC[N+](C)(C)C. The molecule has 0 aliphatic rings. The van der Waals surface area contributed by atoms with Crippen molar-refractivity contribution in [3.63, 3.8) is 0 Å². The molecular formula is C34H73N2O5P. The minimum Gasteiger partial charge on any atom is -0.756 e. The summed E-state index contributed by atoms with van der Waals surface area (Å²) in [7, 11) is 1.62. The molecule has 0 bridgehead atoms. The number of hydrogen-bond donors (Lipinski definition) is 1. The van der Waals surface area contributed by atoms with E-state index in [4.69, 9.17) is 13.8 Å². The average Bonchev–Trinajstić information content (AvgIpc) is 2.92. The molecule has 0 saturated carbocycles. The van der Waals surface area contributed by atoms with Crippen LogP contribution in [0, 0.1) is 0 Å². The highest BCUT2D eigenvalue weighted by molar-refractivity contribution is 7.45. The van der Waals surface area contributed by atoms with Gasteiger partial charge in [0.25, 0.3) is 7.82 Å². The summed E-state index contributed by atoms with van der Waals surface area (Å²) in [6.07, 6.45) is 28.2. The van der Waals surface area contributed by atoms with Gasteiger partial charge in [-0.05, 0) is 19.4 Å². The van der Waals surface area contributed by atoms with E-state index in [1.54, 1.807) is 0 Å². The molecule has 0 radical (unpaired) electrons. The van der Waals surface area contributed by atoms with Crippen LogP contribution in [0.4, 0.5) is 0 Å². The van der Waals surface area contributed by atoms with Gasteiger partial charge in [-0.3, -0.25) is 4.57 Å². The maximum atomic E-state index is 12.5. The quantitative estimate of drug-likeness (QED) is 0.0440. The second-order valence-electron chi connectivity index (χ2n) is 13.4. The van der Waals surface area contributed by atoms with E-state index in [2.05, 4.69) is 19.2 Å². The Morgan fingerprint density at radius 2 is 1.07 bits per heavy atom. The monoisotopic (exact) mass is 621 g/mol. The first-order valence-corrected chi connectivity index (χ1v) is 19.4. The van der Waals surface area contributed by atoms with Crippen molar-refractivity contribution in [3.05, 3.63) is 0 Å². The molecule has 0 heterocycles. The number of phosphoric acid groups is 1. The third-order valence-corrected chi connectivity index (χ3v) is 8.87. The molecule has 0 aliphatic carbocycles. The number of nitrogens with one attached hydrogen (secondary N) is 1. The Labute approximate surface area is 262 Å². The van der Waals surface area contributed by atoms with E-state index >= 15 is 0 Å². The van der Waals surface area contributed by atoms with Crippen LogP contribution in [0.2, 0.25) is 0 Å². The molecule has 0 amide bonds. The Morgan fingerprint density at radius 1 is 0.643 bits per heavy atom. The first kappa shape index (κ1) is 42.0. The Hall–Kier alpha value is -0.0100. The predicted octanol–water partition coefficient (Wildman–Crippen LogP) is 8.79. The summed E-state index contributed by atoms with van der Waals surface area (Å²) in [5.41, 5.74) is 0. The average molecular weight is 621 g/mol. The van der Waals surface area contributed by atoms with E-state index < -0.39 is 13.9 Å². The van der Waals surface area contributed by atoms with Crippen molar-refractivity contribution in [3.8, 4) is 0 Å². The second-order valence-corrected chi connectivity index (χ2v) is 14.7. The Bertz CT molecular complexity index is 603. The Balaban J connectivity index is 4.08. The van der Waals surface area contributed by atoms with Gasteiger partial charge in [0.2, 0.25) is 0 Å². The Kier molecular flexibility index (Phi) is 29.7. The topological polar surface area (TPSA) is 79.9 Å². The van der Waals surface area contributed by atoms with Crippen LogP contribution in [0.5, 0.6) is 0 Å². The summed E-state index contributed by atoms with van der Waals surface area (Å²) in [4.78, 5) is 12.5. The molecule has 8 heteroatoms. The molecule has 0 spiro atoms. The molecular weight excluding hydrogens is 547 g/mol. The van der Waals surface area contributed by atoms with E-state index in [0.29, 0.717) is 24.2 Å². The molecule has 2 unspecified atom stereocenters. The molecule has 42 heavy (non-hydrogen) atoms. The number of unbranched alkanes of at least 4 members (excludes halogenated alkanes) is 20. The normalized spacial score (nSPS) is 14.3. The lowest BCUT2D eigenvalue weighted by atomic mass is 10.0. The van der Waals surface area contributed by atoms with Gasteiger partial charge >= 0.3 is 0 Å². The molecule has 0 fully saturated rings. The zero-order chi connectivity index (χ0) is 31.2. The molecule has 1 N–H and O–H groups in total. The highest BCUT2D eigenvalue weighted by Crippen LogP contribution is 2.39. The van der Waals surface area contributed by atoms with Gasteiger partial charge in [0.05, 0.1) is 27.7 Å². The maximum Gasteiger partial charge on any atom is 0.268 e. The van der Waals surface area contributed by atoms with Crippen molar-refractivity contribution in [2.24, 2.45) is 0 Å². The second kappa shape index (κ2) is 29.7. The van der Waals surface area contributed by atoms with E-state index in [-0.39, 0.29) is 13.2 Å². The maximum absolute atomic E-state index is 12.5. The van der Waals surface area contributed by atoms with Crippen molar-refractivity contribution in [1.82, 2.24) is 5.32 Å². The number of hydrogen-bond acceptors (Lipinski definition) is 6. The fourth-order valence-corrected chi connectivity index (χ4v) is 5.89. The molecule has 0 aromatic carbocycles. The fourth-order valence-electron chi connectivity index (χ4n) is 5.03. The summed E-state index contributed by atoms with van der Waals surface area (Å²) in [5.74, 6) is 0. The van der Waals surface area contributed by atoms with Crippen LogP contribution < -0.4 is 10.2 Å². The smallest absolute Gasteiger partial charge is 0.268 e. The highest BCUT2D eigenvalue weighted by atomic mass is 31.2. The third kappa shape index (κ3) is 32.9. The van der Waals surface area contributed by atoms with Crippen molar-refractivity contribution in [2.45, 2.75) is 161 Å². The molecule has 0 aliphatic heterocycles. The largest absolute Gasteiger partial charge is 0.756 e. The van der Waals surface area contributed by atoms with Gasteiger partial charge in [0.15, 0.2) is 0 Å². The van der Waals surface area contributed by atoms with Gasteiger partial charge in [0.1, 0.15) is 19.3 Å². The third-order valence-electron chi connectivity index (χ3n) is 7.81. The summed E-state index contributed by atoms with van der Waals surface area (Å²) in [6.45, 7) is 7.43. The van der Waals surface area contributed by atoms with E-state index in [1.165, 1.54) is 122 Å². The van der Waals surface area contributed by atoms with Crippen molar-refractivity contribution < 1.29 is 27.7 Å². The summed E-state index contributed by atoms with van der Waals surface area (Å²) in [5, 5.41) is 3.39. The summed E-state index contributed by atoms with van der Waals surface area (Å²) in [6, 6.07) is 0. The first-order chi connectivity index (χ1) is 20.2. The first-order valence-electron chi connectivity index (χ1n) is 17.9. The van der Waals surface area contributed by atoms with Crippen molar-refractivity contribution in [2.75, 3.05) is 60.6 Å². The highest BCUT2D eigenvalue weighted by Gasteiger charge is 2.20. The van der Waals surface area contributed by atoms with E-state index in [9.17, 15) is 9.46 Å². The summed E-state index contributed by atoms with van der Waals surface area (Å²) >= 11 is 0. The van der Waals surface area contributed by atoms with Crippen LogP contribution >= 0.6 is 7.82 Å². The van der Waals surface area contributed by atoms with Crippen molar-refractivity contribution in [1.29, 1.82) is 0 Å². The van der Waals surface area contributed by atoms with Crippen LogP contribution in [0.3, 0.4) is 0 Å². The summed E-state index contributed by atoms with van der Waals surface area (Å²) < 4.78 is 29.5. The van der Waals surface area contributed by atoms with Crippen LogP contribution in [0.15, 0.2) is 0 Å². The zero-order valence-electron chi connectivity index (χ0n) is 28.8. The van der Waals surface area contributed by atoms with Gasteiger partial charge < -0.3 is 28.5 Å². The van der Waals surface area contributed by atoms with Gasteiger partial charge in [0, 0.05) is 13.2 Å². The number of nitrogens with zero attached hydrogens (tertiary/aromatic N) is 1. The lowest BCUT2D eigenvalue weighted by molar-refractivity contribution is -0.870. The lowest BCUT2D eigenvalue weighted by Crippen LogP contribution is -2.38. The molecule has 0 saturated heterocycles. The van der Waals surface area contributed by atoms with Crippen molar-refractivity contribution >= 4 is 7.82 Å². The number of ether oxygens (including phenoxy) is 1. The molecule has 254 valence electrons. The van der Waals surface area contributed by atoms with Gasteiger partial charge in [-0.1, -0.05) is 142 Å². The predicted molar refractivity (Wildman–Crippen MR) is 178 cm³/mol. The number of phosphoric ester groups is 1. The standard InChI is InChI=1S/C34H73N2O5P/c1-6-8-10-12-14-16-17-18-19-20-21-22-24-26-28-35-32-34(41-42(37,38)40-31-29-36(3,4)5)33-39-30-27-25-23-15-13-11-9-7-2/h34-35H,6-33H2,1-5H3. The minimum atomic E-state index is -4.39. The number of quaternary nitrogens is 1. The molecule has 7 nitrogen and oxygen atoms in total. The van der Waals surface area contributed by atoms with Crippen LogP contribution in [-0.4, -0.2) is 71.2 Å². The van der Waals surface area contributed by atoms with Crippen LogP contribution in [0.25, 0.3) is 0 Å². The lowest BCUT2D eigenvalue weighted by Gasteiger charge is -2.30.